The van der Waals surface area contributed by atoms with Gasteiger partial charge in [0.15, 0.2) is 6.54 Å². The number of carbonyl (C=O) groups is 1. The van der Waals surface area contributed by atoms with E-state index in [0.717, 1.165) is 32.7 Å². The van der Waals surface area contributed by atoms with E-state index < -0.39 is 0 Å². The zero-order valence-corrected chi connectivity index (χ0v) is 15.4. The van der Waals surface area contributed by atoms with Crippen molar-refractivity contribution in [1.82, 2.24) is 4.90 Å². The van der Waals surface area contributed by atoms with Crippen molar-refractivity contribution in [3.63, 3.8) is 0 Å². The number of carbonyl (C=O) groups excluding carboxylic acids is 1. The first-order chi connectivity index (χ1) is 12.3. The van der Waals surface area contributed by atoms with Gasteiger partial charge < -0.3 is 14.7 Å². The summed E-state index contributed by atoms with van der Waals surface area (Å²) in [4.78, 5) is 20.1. The molecule has 2 saturated heterocycles. The number of hydrogen-bond donors (Lipinski definition) is 1. The Hall–Kier alpha value is -1.85. The van der Waals surface area contributed by atoms with Crippen LogP contribution >= 0.6 is 11.3 Å². The molecule has 2 atom stereocenters. The fourth-order valence-corrected chi connectivity index (χ4v) is 5.04. The van der Waals surface area contributed by atoms with E-state index in [0.29, 0.717) is 18.5 Å². The molecule has 1 amide bonds. The number of nitrogens with one attached hydrogen (secondary N) is 1. The molecule has 0 spiro atoms. The van der Waals surface area contributed by atoms with Crippen LogP contribution in [0.2, 0.25) is 0 Å². The first-order valence-electron chi connectivity index (χ1n) is 9.27. The lowest BCUT2D eigenvalue weighted by Crippen LogP contribution is -3.11. The number of likely N-dealkylation sites (tertiary alicyclic amines) is 1. The van der Waals surface area contributed by atoms with E-state index in [-0.39, 0.29) is 0 Å². The van der Waals surface area contributed by atoms with Crippen molar-refractivity contribution in [2.45, 2.75) is 18.9 Å². The van der Waals surface area contributed by atoms with E-state index in [4.69, 9.17) is 0 Å². The summed E-state index contributed by atoms with van der Waals surface area (Å²) in [6.45, 7) is 5.31. The van der Waals surface area contributed by atoms with E-state index in [1.54, 1.807) is 0 Å². The molecule has 4 rings (SSSR count). The number of quaternary nitrogens is 1. The van der Waals surface area contributed by atoms with Crippen molar-refractivity contribution >= 4 is 22.9 Å². The van der Waals surface area contributed by atoms with Gasteiger partial charge in [0.1, 0.15) is 6.04 Å². The quantitative estimate of drug-likeness (QED) is 0.905. The van der Waals surface area contributed by atoms with Crippen molar-refractivity contribution < 1.29 is 9.69 Å². The average Bonchev–Trinajstić information content (AvgIpc) is 3.34. The highest BCUT2D eigenvalue weighted by molar-refractivity contribution is 7.10. The fourth-order valence-electron chi connectivity index (χ4n) is 4.12. The van der Waals surface area contributed by atoms with E-state index in [2.05, 4.69) is 51.6 Å². The summed E-state index contributed by atoms with van der Waals surface area (Å²) in [5.41, 5.74) is 1.26. The van der Waals surface area contributed by atoms with Crippen LogP contribution in [0.15, 0.2) is 47.8 Å². The molecule has 0 bridgehead atoms. The Morgan fingerprint density at radius 2 is 1.88 bits per heavy atom. The molecule has 1 N–H and O–H groups in total. The topological polar surface area (TPSA) is 28.0 Å². The summed E-state index contributed by atoms with van der Waals surface area (Å²) in [6.07, 6.45) is 2.44. The van der Waals surface area contributed by atoms with Gasteiger partial charge in [-0.25, -0.2) is 0 Å². The Morgan fingerprint density at radius 3 is 2.60 bits per heavy atom. The molecule has 0 radical (unpaired) electrons. The van der Waals surface area contributed by atoms with Gasteiger partial charge in [0.2, 0.25) is 0 Å². The Balaban J connectivity index is 1.32. The van der Waals surface area contributed by atoms with Crippen LogP contribution in [0.1, 0.15) is 23.8 Å². The second-order valence-corrected chi connectivity index (χ2v) is 7.98. The molecule has 1 aromatic heterocycles. The van der Waals surface area contributed by atoms with Gasteiger partial charge in [-0.05, 0) is 23.6 Å². The van der Waals surface area contributed by atoms with E-state index in [1.165, 1.54) is 28.3 Å². The Morgan fingerprint density at radius 1 is 1.08 bits per heavy atom. The van der Waals surface area contributed by atoms with Crippen LogP contribution in [0.3, 0.4) is 0 Å². The van der Waals surface area contributed by atoms with Crippen LogP contribution in [0.25, 0.3) is 0 Å². The number of anilines is 1. The predicted molar refractivity (Wildman–Crippen MR) is 102 cm³/mol. The molecule has 0 aliphatic carbocycles. The lowest BCUT2D eigenvalue weighted by molar-refractivity contribution is -0.910. The molecule has 2 aliphatic heterocycles. The van der Waals surface area contributed by atoms with Gasteiger partial charge in [0.05, 0.1) is 11.4 Å². The Kier molecular flexibility index (Phi) is 5.04. The van der Waals surface area contributed by atoms with Crippen molar-refractivity contribution in [2.24, 2.45) is 0 Å². The highest BCUT2D eigenvalue weighted by Crippen LogP contribution is 2.23. The van der Waals surface area contributed by atoms with Crippen LogP contribution < -0.4 is 9.80 Å². The summed E-state index contributed by atoms with van der Waals surface area (Å²) in [7, 11) is 0. The fraction of sp³-hybridized carbons (Fsp3) is 0.450. The number of benzene rings is 1. The van der Waals surface area contributed by atoms with E-state index >= 15 is 0 Å². The normalized spacial score (nSPS) is 23.8. The van der Waals surface area contributed by atoms with Gasteiger partial charge >= 0.3 is 0 Å². The first-order valence-corrected chi connectivity index (χ1v) is 10.1. The number of para-hydroxylation sites is 1. The monoisotopic (exact) mass is 356 g/mol. The van der Waals surface area contributed by atoms with Crippen LogP contribution in [0.5, 0.6) is 0 Å². The van der Waals surface area contributed by atoms with Crippen molar-refractivity contribution in [3.8, 4) is 0 Å². The molecular weight excluding hydrogens is 330 g/mol. The van der Waals surface area contributed by atoms with Crippen LogP contribution in [0, 0.1) is 0 Å². The highest BCUT2D eigenvalue weighted by Gasteiger charge is 2.34. The molecule has 2 aliphatic rings. The second kappa shape index (κ2) is 7.58. The predicted octanol–water partition coefficient (Wildman–Crippen LogP) is 1.82. The number of thiophene rings is 1. The lowest BCUT2D eigenvalue weighted by Gasteiger charge is -2.36. The maximum Gasteiger partial charge on any atom is 0.277 e. The highest BCUT2D eigenvalue weighted by atomic mass is 32.1. The summed E-state index contributed by atoms with van der Waals surface area (Å²) in [5, 5.41) is 2.15. The summed E-state index contributed by atoms with van der Waals surface area (Å²) >= 11 is 1.83. The minimum Gasteiger partial charge on any atom is -0.368 e. The molecule has 25 heavy (non-hydrogen) atoms. The Labute approximate surface area is 153 Å². The van der Waals surface area contributed by atoms with E-state index in [1.807, 2.05) is 17.4 Å². The van der Waals surface area contributed by atoms with Gasteiger partial charge in [0, 0.05) is 44.7 Å². The minimum absolute atomic E-state index is 0.325. The summed E-state index contributed by atoms with van der Waals surface area (Å²) < 4.78 is 0. The zero-order valence-electron chi connectivity index (χ0n) is 14.6. The van der Waals surface area contributed by atoms with Gasteiger partial charge in [-0.1, -0.05) is 24.3 Å². The summed E-state index contributed by atoms with van der Waals surface area (Å²) in [6, 6.07) is 15.4. The molecule has 132 valence electrons. The molecule has 1 unspecified atom stereocenters. The molecule has 3 heterocycles. The van der Waals surface area contributed by atoms with Crippen LogP contribution in [-0.2, 0) is 4.79 Å². The maximum absolute atomic E-state index is 12.8. The lowest BCUT2D eigenvalue weighted by atomic mass is 10.2. The van der Waals surface area contributed by atoms with Gasteiger partial charge in [0.25, 0.3) is 5.91 Å². The van der Waals surface area contributed by atoms with Gasteiger partial charge in [-0.2, -0.15) is 0 Å². The molecule has 2 aromatic rings. The third kappa shape index (κ3) is 3.72. The maximum atomic E-state index is 12.8. The third-order valence-corrected chi connectivity index (χ3v) is 6.49. The van der Waals surface area contributed by atoms with Crippen LogP contribution in [0.4, 0.5) is 5.69 Å². The molecule has 0 saturated carbocycles. The largest absolute Gasteiger partial charge is 0.368 e. The standard InChI is InChI=1S/C20H25N3OS/c24-20(16-23-10-4-8-18(23)19-9-5-15-25-19)22-13-11-21(12-14-22)17-6-2-1-3-7-17/h1-3,5-7,9,15,18H,4,8,10-14,16H2/p+1/t18-/m0/s1. The molecule has 5 heteroatoms. The van der Waals surface area contributed by atoms with Crippen molar-refractivity contribution in [1.29, 1.82) is 0 Å². The number of hydrogen-bond acceptors (Lipinski definition) is 3. The van der Waals surface area contributed by atoms with Gasteiger partial charge in [-0.3, -0.25) is 4.79 Å². The summed E-state index contributed by atoms with van der Waals surface area (Å²) in [5.74, 6) is 0.325. The SMILES string of the molecule is O=C(C[NH+]1CCC[C@H]1c1cccs1)N1CCN(c2ccccc2)CC1. The minimum atomic E-state index is 0.325. The second-order valence-electron chi connectivity index (χ2n) is 7.00. The van der Waals surface area contributed by atoms with Crippen LogP contribution in [-0.4, -0.2) is 50.1 Å². The number of nitrogens with zero attached hydrogens (tertiary/aromatic N) is 2. The first kappa shape index (κ1) is 16.6. The van der Waals surface area contributed by atoms with Gasteiger partial charge in [-0.15, -0.1) is 11.3 Å². The molecule has 4 nitrogen and oxygen atoms in total. The third-order valence-electron chi connectivity index (χ3n) is 5.50. The zero-order chi connectivity index (χ0) is 17.1. The van der Waals surface area contributed by atoms with E-state index in [9.17, 15) is 4.79 Å². The Bertz CT molecular complexity index is 680. The van der Waals surface area contributed by atoms with Crippen molar-refractivity contribution in [2.75, 3.05) is 44.2 Å². The molecule has 1 aromatic carbocycles. The number of rotatable bonds is 4. The smallest absolute Gasteiger partial charge is 0.277 e. The number of piperazine rings is 1. The average molecular weight is 357 g/mol. The molecular formula is C20H26N3OS+. The molecule has 2 fully saturated rings. The number of amides is 1. The van der Waals surface area contributed by atoms with Crippen molar-refractivity contribution in [3.05, 3.63) is 52.7 Å².